The predicted octanol–water partition coefficient (Wildman–Crippen LogP) is 1.53. The Morgan fingerprint density at radius 3 is 2.55 bits per heavy atom. The second-order valence-electron chi connectivity index (χ2n) is 6.25. The minimum absolute atomic E-state index is 0.0290. The van der Waals surface area contributed by atoms with Crippen molar-refractivity contribution in [2.75, 3.05) is 0 Å². The molecule has 0 aliphatic carbocycles. The van der Waals surface area contributed by atoms with E-state index in [2.05, 4.69) is 0 Å². The van der Waals surface area contributed by atoms with Crippen LogP contribution in [0.3, 0.4) is 0 Å². The van der Waals surface area contributed by atoms with E-state index in [-0.39, 0.29) is 36.4 Å². The summed E-state index contributed by atoms with van der Waals surface area (Å²) in [4.78, 5) is 22.5. The zero-order valence-corrected chi connectivity index (χ0v) is 12.4. The number of primary amides is 1. The summed E-state index contributed by atoms with van der Waals surface area (Å²) >= 11 is 0. The molecule has 0 aromatic heterocycles. The smallest absolute Gasteiger partial charge is 0.303 e. The SMILES string of the molecule is NC(=O)[C@@H]1[C@H](Cc2ccccc2CCC(=O)O)[C@H]2CC[C@@H]1O2. The van der Waals surface area contributed by atoms with Crippen molar-refractivity contribution in [3.05, 3.63) is 35.4 Å². The first-order valence-corrected chi connectivity index (χ1v) is 7.79. The average Bonchev–Trinajstić information content (AvgIpc) is 3.07. The van der Waals surface area contributed by atoms with Gasteiger partial charge in [-0.2, -0.15) is 0 Å². The third-order valence-corrected chi connectivity index (χ3v) is 4.94. The molecule has 5 heteroatoms. The molecule has 0 radical (unpaired) electrons. The number of amides is 1. The van der Waals surface area contributed by atoms with Crippen molar-refractivity contribution in [2.24, 2.45) is 17.6 Å². The molecule has 1 aromatic carbocycles. The minimum Gasteiger partial charge on any atom is -0.481 e. The van der Waals surface area contributed by atoms with Crippen molar-refractivity contribution in [1.82, 2.24) is 0 Å². The molecule has 2 bridgehead atoms. The van der Waals surface area contributed by atoms with Gasteiger partial charge in [0, 0.05) is 12.3 Å². The summed E-state index contributed by atoms with van der Waals surface area (Å²) < 4.78 is 5.87. The number of carbonyl (C=O) groups excluding carboxylic acids is 1. The summed E-state index contributed by atoms with van der Waals surface area (Å²) in [5.41, 5.74) is 7.71. The maximum Gasteiger partial charge on any atom is 0.303 e. The van der Waals surface area contributed by atoms with Crippen LogP contribution in [0.4, 0.5) is 0 Å². The van der Waals surface area contributed by atoms with Crippen LogP contribution in [0.5, 0.6) is 0 Å². The molecule has 2 heterocycles. The highest BCUT2D eigenvalue weighted by Gasteiger charge is 2.51. The molecule has 2 fully saturated rings. The Morgan fingerprint density at radius 2 is 1.86 bits per heavy atom. The lowest BCUT2D eigenvalue weighted by atomic mass is 9.75. The Balaban J connectivity index is 1.78. The summed E-state index contributed by atoms with van der Waals surface area (Å²) in [6.45, 7) is 0. The molecule has 5 nitrogen and oxygen atoms in total. The van der Waals surface area contributed by atoms with Gasteiger partial charge >= 0.3 is 5.97 Å². The van der Waals surface area contributed by atoms with Crippen LogP contribution < -0.4 is 5.73 Å². The van der Waals surface area contributed by atoms with Crippen molar-refractivity contribution in [2.45, 2.75) is 44.3 Å². The molecular formula is C17H21NO4. The van der Waals surface area contributed by atoms with E-state index < -0.39 is 5.97 Å². The third-order valence-electron chi connectivity index (χ3n) is 4.94. The van der Waals surface area contributed by atoms with E-state index in [4.69, 9.17) is 15.6 Å². The van der Waals surface area contributed by atoms with E-state index in [0.29, 0.717) is 6.42 Å². The van der Waals surface area contributed by atoms with Gasteiger partial charge < -0.3 is 15.6 Å². The number of fused-ring (bicyclic) bond motifs is 2. The van der Waals surface area contributed by atoms with Crippen molar-refractivity contribution < 1.29 is 19.4 Å². The Kier molecular flexibility index (Phi) is 4.16. The highest BCUT2D eigenvalue weighted by molar-refractivity contribution is 5.78. The Morgan fingerprint density at radius 1 is 1.18 bits per heavy atom. The Labute approximate surface area is 129 Å². The summed E-state index contributed by atoms with van der Waals surface area (Å²) in [6, 6.07) is 7.85. The molecule has 2 aliphatic rings. The normalized spacial score (nSPS) is 29.6. The lowest BCUT2D eigenvalue weighted by Gasteiger charge is -2.26. The first kappa shape index (κ1) is 15.0. The van der Waals surface area contributed by atoms with Crippen LogP contribution in [0.2, 0.25) is 0 Å². The fourth-order valence-electron chi connectivity index (χ4n) is 3.92. The number of hydrogen-bond acceptors (Lipinski definition) is 3. The van der Waals surface area contributed by atoms with Crippen molar-refractivity contribution in [3.63, 3.8) is 0 Å². The van der Waals surface area contributed by atoms with Gasteiger partial charge in [0.05, 0.1) is 18.1 Å². The van der Waals surface area contributed by atoms with Gasteiger partial charge in [0.2, 0.25) is 5.91 Å². The molecule has 2 aliphatic heterocycles. The molecular weight excluding hydrogens is 282 g/mol. The van der Waals surface area contributed by atoms with Crippen molar-refractivity contribution in [1.29, 1.82) is 0 Å². The molecule has 0 unspecified atom stereocenters. The molecule has 3 rings (SSSR count). The van der Waals surface area contributed by atoms with Gasteiger partial charge in [0.15, 0.2) is 0 Å². The summed E-state index contributed by atoms with van der Waals surface area (Å²) in [7, 11) is 0. The van der Waals surface area contributed by atoms with Crippen LogP contribution in [0, 0.1) is 11.8 Å². The number of ether oxygens (including phenoxy) is 1. The number of aryl methyl sites for hydroxylation is 1. The second-order valence-corrected chi connectivity index (χ2v) is 6.25. The highest BCUT2D eigenvalue weighted by atomic mass is 16.5. The molecule has 22 heavy (non-hydrogen) atoms. The largest absolute Gasteiger partial charge is 0.481 e. The number of hydrogen-bond donors (Lipinski definition) is 2. The Hall–Kier alpha value is -1.88. The number of aliphatic carboxylic acids is 1. The number of carbonyl (C=O) groups is 2. The van der Waals surface area contributed by atoms with E-state index in [1.54, 1.807) is 0 Å². The van der Waals surface area contributed by atoms with E-state index in [0.717, 1.165) is 30.4 Å². The van der Waals surface area contributed by atoms with Crippen molar-refractivity contribution >= 4 is 11.9 Å². The van der Waals surface area contributed by atoms with Crippen LogP contribution >= 0.6 is 0 Å². The number of carboxylic acids is 1. The summed E-state index contributed by atoms with van der Waals surface area (Å²) in [5.74, 6) is -1.18. The van der Waals surface area contributed by atoms with E-state index in [1.807, 2.05) is 24.3 Å². The zero-order chi connectivity index (χ0) is 15.7. The van der Waals surface area contributed by atoms with Crippen LogP contribution in [0.15, 0.2) is 24.3 Å². The van der Waals surface area contributed by atoms with Crippen molar-refractivity contribution in [3.8, 4) is 0 Å². The predicted molar refractivity (Wildman–Crippen MR) is 80.2 cm³/mol. The molecule has 1 aromatic rings. The molecule has 0 spiro atoms. The topological polar surface area (TPSA) is 89.6 Å². The van der Waals surface area contributed by atoms with Gasteiger partial charge in [-0.25, -0.2) is 0 Å². The monoisotopic (exact) mass is 303 g/mol. The van der Waals surface area contributed by atoms with Gasteiger partial charge in [0.25, 0.3) is 0 Å². The van der Waals surface area contributed by atoms with Crippen LogP contribution in [0.1, 0.15) is 30.4 Å². The van der Waals surface area contributed by atoms with Gasteiger partial charge in [-0.15, -0.1) is 0 Å². The lowest BCUT2D eigenvalue weighted by Crippen LogP contribution is -2.38. The fourth-order valence-corrected chi connectivity index (χ4v) is 3.92. The maximum atomic E-state index is 11.8. The maximum absolute atomic E-state index is 11.8. The number of carboxylic acid groups (broad SMARTS) is 1. The number of nitrogens with two attached hydrogens (primary N) is 1. The second kappa shape index (κ2) is 6.08. The average molecular weight is 303 g/mol. The van der Waals surface area contributed by atoms with Crippen LogP contribution in [-0.2, 0) is 27.2 Å². The minimum atomic E-state index is -0.798. The highest BCUT2D eigenvalue weighted by Crippen LogP contribution is 2.45. The van der Waals surface area contributed by atoms with Crippen LogP contribution in [-0.4, -0.2) is 29.2 Å². The summed E-state index contributed by atoms with van der Waals surface area (Å²) in [6.07, 6.45) is 3.32. The quantitative estimate of drug-likeness (QED) is 0.834. The van der Waals surface area contributed by atoms with Gasteiger partial charge in [-0.05, 0) is 36.8 Å². The van der Waals surface area contributed by atoms with E-state index in [9.17, 15) is 9.59 Å². The molecule has 118 valence electrons. The summed E-state index contributed by atoms with van der Waals surface area (Å²) in [5, 5.41) is 8.87. The van der Waals surface area contributed by atoms with Gasteiger partial charge in [-0.3, -0.25) is 9.59 Å². The first-order valence-electron chi connectivity index (χ1n) is 7.79. The van der Waals surface area contributed by atoms with E-state index >= 15 is 0 Å². The number of rotatable bonds is 6. The third kappa shape index (κ3) is 2.86. The first-order chi connectivity index (χ1) is 10.6. The van der Waals surface area contributed by atoms with Gasteiger partial charge in [-0.1, -0.05) is 24.3 Å². The fraction of sp³-hybridized carbons (Fsp3) is 0.529. The van der Waals surface area contributed by atoms with E-state index in [1.165, 1.54) is 0 Å². The van der Waals surface area contributed by atoms with Gasteiger partial charge in [0.1, 0.15) is 0 Å². The zero-order valence-electron chi connectivity index (χ0n) is 12.4. The number of benzene rings is 1. The molecule has 3 N–H and O–H groups in total. The molecule has 2 saturated heterocycles. The van der Waals surface area contributed by atoms with Crippen LogP contribution in [0.25, 0.3) is 0 Å². The standard InChI is InChI=1S/C17H21NO4/c18-17(21)16-12(13-6-7-14(16)22-13)9-11-4-2-1-3-10(11)5-8-15(19)20/h1-4,12-14,16H,5-9H2,(H2,18,21)(H,19,20)/t12-,13-,14+,16-/m1/s1. The Bertz CT molecular complexity index is 586. The lowest BCUT2D eigenvalue weighted by molar-refractivity contribution is -0.137. The molecule has 0 saturated carbocycles. The molecule has 4 atom stereocenters. The molecule has 1 amide bonds.